The Kier molecular flexibility index (Phi) is 5.94. The van der Waals surface area contributed by atoms with Crippen LogP contribution in [0.1, 0.15) is 48.7 Å². The number of anilines is 1. The molecule has 27 heavy (non-hydrogen) atoms. The van der Waals surface area contributed by atoms with Crippen molar-refractivity contribution < 1.29 is 23.5 Å². The summed E-state index contributed by atoms with van der Waals surface area (Å²) in [5.74, 6) is -2.72. The smallest absolute Gasteiger partial charge is 0.328 e. The number of aromatic amines is 1. The molecule has 0 saturated heterocycles. The molecule has 9 heteroatoms. The Morgan fingerprint density at radius 2 is 1.85 bits per heavy atom. The Labute approximate surface area is 155 Å². The van der Waals surface area contributed by atoms with E-state index in [-0.39, 0.29) is 17.1 Å². The highest BCUT2D eigenvalue weighted by Gasteiger charge is 2.26. The van der Waals surface area contributed by atoms with Crippen molar-refractivity contribution >= 4 is 23.5 Å². The van der Waals surface area contributed by atoms with Gasteiger partial charge in [-0.1, -0.05) is 12.1 Å². The number of esters is 1. The number of hydrogen-bond acceptors (Lipinski definition) is 5. The largest absolute Gasteiger partial charge is 0.458 e. The van der Waals surface area contributed by atoms with Crippen LogP contribution in [0.5, 0.6) is 0 Å². The van der Waals surface area contributed by atoms with Crippen LogP contribution in [0.2, 0.25) is 0 Å². The van der Waals surface area contributed by atoms with E-state index in [1.54, 1.807) is 26.8 Å². The summed E-state index contributed by atoms with van der Waals surface area (Å²) in [7, 11) is 0. The van der Waals surface area contributed by atoms with Crippen molar-refractivity contribution in [1.82, 2.24) is 15.3 Å². The van der Waals surface area contributed by atoms with Crippen molar-refractivity contribution in [2.75, 3.05) is 5.32 Å². The third-order valence-corrected chi connectivity index (χ3v) is 3.31. The van der Waals surface area contributed by atoms with E-state index in [0.29, 0.717) is 0 Å². The third kappa shape index (κ3) is 5.37. The second kappa shape index (κ2) is 7.98. The van der Waals surface area contributed by atoms with Gasteiger partial charge >= 0.3 is 5.97 Å². The molecular formula is C18H21FN4O4. The van der Waals surface area contributed by atoms with Crippen molar-refractivity contribution in [3.8, 4) is 0 Å². The highest BCUT2D eigenvalue weighted by atomic mass is 19.1. The number of imidazole rings is 1. The summed E-state index contributed by atoms with van der Waals surface area (Å²) < 4.78 is 18.9. The lowest BCUT2D eigenvalue weighted by molar-refractivity contribution is -0.156. The quantitative estimate of drug-likeness (QED) is 0.693. The van der Waals surface area contributed by atoms with Crippen molar-refractivity contribution in [2.45, 2.75) is 39.3 Å². The molecule has 2 rings (SSSR count). The number of ether oxygens (including phenoxy) is 1. The Morgan fingerprint density at radius 1 is 1.19 bits per heavy atom. The predicted molar refractivity (Wildman–Crippen MR) is 95.7 cm³/mol. The van der Waals surface area contributed by atoms with Crippen molar-refractivity contribution in [3.63, 3.8) is 0 Å². The van der Waals surface area contributed by atoms with Gasteiger partial charge in [0.15, 0.2) is 5.69 Å². The van der Waals surface area contributed by atoms with Crippen LogP contribution in [0, 0.1) is 5.82 Å². The van der Waals surface area contributed by atoms with Crippen LogP contribution < -0.4 is 10.6 Å². The molecular weight excluding hydrogens is 355 g/mol. The van der Waals surface area contributed by atoms with Crippen LogP contribution in [0.4, 0.5) is 10.1 Å². The topological polar surface area (TPSA) is 113 Å². The Bertz CT molecular complexity index is 857. The molecule has 0 fully saturated rings. The van der Waals surface area contributed by atoms with E-state index < -0.39 is 35.2 Å². The summed E-state index contributed by atoms with van der Waals surface area (Å²) in [6, 6.07) is 4.67. The lowest BCUT2D eigenvalue weighted by Crippen LogP contribution is -2.42. The molecule has 1 aromatic carbocycles. The number of nitrogens with zero attached hydrogens (tertiary/aromatic N) is 1. The van der Waals surface area contributed by atoms with Crippen LogP contribution in [0.15, 0.2) is 30.6 Å². The van der Waals surface area contributed by atoms with Crippen molar-refractivity contribution in [2.24, 2.45) is 0 Å². The molecule has 3 N–H and O–H groups in total. The summed E-state index contributed by atoms with van der Waals surface area (Å²) >= 11 is 0. The van der Waals surface area contributed by atoms with Crippen LogP contribution in [0.3, 0.4) is 0 Å². The summed E-state index contributed by atoms with van der Waals surface area (Å²) in [6.45, 7) is 6.58. The number of nitrogens with one attached hydrogen (secondary N) is 3. The number of hydrogen-bond donors (Lipinski definition) is 3. The average Bonchev–Trinajstić information content (AvgIpc) is 3.05. The van der Waals surface area contributed by atoms with Gasteiger partial charge in [0.2, 0.25) is 0 Å². The molecule has 0 aliphatic carbocycles. The van der Waals surface area contributed by atoms with Crippen molar-refractivity contribution in [3.05, 3.63) is 47.8 Å². The molecule has 0 unspecified atom stereocenters. The average molecular weight is 376 g/mol. The van der Waals surface area contributed by atoms with Crippen LogP contribution in [-0.2, 0) is 9.53 Å². The van der Waals surface area contributed by atoms with Crippen LogP contribution in [0.25, 0.3) is 0 Å². The summed E-state index contributed by atoms with van der Waals surface area (Å²) in [5.41, 5.74) is -1.13. The summed E-state index contributed by atoms with van der Waals surface area (Å²) in [4.78, 5) is 43.0. The number of benzene rings is 1. The first-order valence-corrected chi connectivity index (χ1v) is 8.21. The second-order valence-electron chi connectivity index (χ2n) is 6.79. The molecule has 0 spiro atoms. The molecule has 0 radical (unpaired) electrons. The fourth-order valence-electron chi connectivity index (χ4n) is 2.10. The zero-order valence-corrected chi connectivity index (χ0v) is 15.4. The molecule has 0 saturated carbocycles. The van der Waals surface area contributed by atoms with E-state index >= 15 is 0 Å². The molecule has 144 valence electrons. The number of para-hydroxylation sites is 1. The molecule has 2 amide bonds. The highest BCUT2D eigenvalue weighted by molar-refractivity contribution is 6.10. The maximum atomic E-state index is 13.7. The fraction of sp³-hybridized carbons (Fsp3) is 0.333. The molecule has 2 aromatic rings. The SMILES string of the molecule is C[C@H](NC(=O)c1[nH]cnc1C(=O)Nc1ccccc1F)C(=O)OC(C)(C)C. The van der Waals surface area contributed by atoms with Gasteiger partial charge < -0.3 is 20.4 Å². The minimum Gasteiger partial charge on any atom is -0.458 e. The zero-order chi connectivity index (χ0) is 20.2. The zero-order valence-electron chi connectivity index (χ0n) is 15.4. The number of rotatable bonds is 5. The summed E-state index contributed by atoms with van der Waals surface area (Å²) in [6.07, 6.45) is 1.16. The highest BCUT2D eigenvalue weighted by Crippen LogP contribution is 2.15. The first-order chi connectivity index (χ1) is 12.6. The minimum atomic E-state index is -0.942. The predicted octanol–water partition coefficient (Wildman–Crippen LogP) is 2.26. The Hall–Kier alpha value is -3.23. The van der Waals surface area contributed by atoms with Gasteiger partial charge in [-0.15, -0.1) is 0 Å². The molecule has 0 bridgehead atoms. The Morgan fingerprint density at radius 3 is 2.48 bits per heavy atom. The van der Waals surface area contributed by atoms with Crippen LogP contribution >= 0.6 is 0 Å². The first-order valence-electron chi connectivity index (χ1n) is 8.21. The molecule has 1 atom stereocenters. The van der Waals surface area contributed by atoms with Gasteiger partial charge in [-0.25, -0.2) is 14.2 Å². The number of aromatic nitrogens is 2. The number of carbonyl (C=O) groups excluding carboxylic acids is 3. The summed E-state index contributed by atoms with van der Waals surface area (Å²) in [5, 5.41) is 4.78. The van der Waals surface area contributed by atoms with Gasteiger partial charge in [0.1, 0.15) is 23.2 Å². The maximum Gasteiger partial charge on any atom is 0.328 e. The van der Waals surface area contributed by atoms with Gasteiger partial charge in [-0.05, 0) is 39.8 Å². The van der Waals surface area contributed by atoms with E-state index in [0.717, 1.165) is 6.33 Å². The number of H-pyrrole nitrogens is 1. The standard InChI is InChI=1S/C18H21FN4O4/c1-10(17(26)27-18(2,3)4)22-15(24)13-14(21-9-20-13)16(25)23-12-8-6-5-7-11(12)19/h5-10H,1-4H3,(H,20,21)(H,22,24)(H,23,25)/t10-/m0/s1. The molecule has 0 aliphatic heterocycles. The second-order valence-corrected chi connectivity index (χ2v) is 6.79. The molecule has 0 aliphatic rings. The van der Waals surface area contributed by atoms with E-state index in [9.17, 15) is 18.8 Å². The number of amides is 2. The van der Waals surface area contributed by atoms with E-state index in [1.165, 1.54) is 25.1 Å². The molecule has 1 aromatic heterocycles. The van der Waals surface area contributed by atoms with E-state index in [2.05, 4.69) is 20.6 Å². The van der Waals surface area contributed by atoms with Gasteiger partial charge in [-0.2, -0.15) is 0 Å². The van der Waals surface area contributed by atoms with Gasteiger partial charge in [0.05, 0.1) is 12.0 Å². The van der Waals surface area contributed by atoms with Gasteiger partial charge in [0.25, 0.3) is 11.8 Å². The van der Waals surface area contributed by atoms with Crippen LogP contribution in [-0.4, -0.2) is 39.4 Å². The number of halogens is 1. The molecule has 1 heterocycles. The van der Waals surface area contributed by atoms with Crippen molar-refractivity contribution in [1.29, 1.82) is 0 Å². The molecule has 8 nitrogen and oxygen atoms in total. The normalized spacial score (nSPS) is 12.2. The lowest BCUT2D eigenvalue weighted by Gasteiger charge is -2.22. The number of carbonyl (C=O) groups is 3. The monoisotopic (exact) mass is 376 g/mol. The van der Waals surface area contributed by atoms with E-state index in [1.807, 2.05) is 0 Å². The fourth-order valence-corrected chi connectivity index (χ4v) is 2.10. The lowest BCUT2D eigenvalue weighted by atomic mass is 10.2. The van der Waals surface area contributed by atoms with Gasteiger partial charge in [-0.3, -0.25) is 9.59 Å². The van der Waals surface area contributed by atoms with Gasteiger partial charge in [0, 0.05) is 0 Å². The Balaban J connectivity index is 2.09. The third-order valence-electron chi connectivity index (χ3n) is 3.31. The maximum absolute atomic E-state index is 13.7. The first kappa shape index (κ1) is 20.1. The minimum absolute atomic E-state index is 0.0426. The van der Waals surface area contributed by atoms with E-state index in [4.69, 9.17) is 4.74 Å².